The topological polar surface area (TPSA) is 34.0 Å². The van der Waals surface area contributed by atoms with E-state index in [1.165, 1.54) is 60.1 Å². The average Bonchev–Trinajstić information content (AvgIpc) is 2.97. The second-order valence-electron chi connectivity index (χ2n) is 8.49. The molecular weight excluding hydrogens is 332 g/mol. The zero-order valence-corrected chi connectivity index (χ0v) is 16.8. The first-order valence-electron chi connectivity index (χ1n) is 10.7. The van der Waals surface area contributed by atoms with Gasteiger partial charge in [-0.3, -0.25) is 4.79 Å². The Morgan fingerprint density at radius 2 is 1.70 bits per heavy atom. The minimum absolute atomic E-state index is 0.140. The van der Waals surface area contributed by atoms with Gasteiger partial charge in [0.1, 0.15) is 5.69 Å². The van der Waals surface area contributed by atoms with E-state index in [0.29, 0.717) is 6.04 Å². The highest BCUT2D eigenvalue weighted by atomic mass is 16.2. The summed E-state index contributed by atoms with van der Waals surface area (Å²) in [4.78, 5) is 13.3. The van der Waals surface area contributed by atoms with Crippen molar-refractivity contribution in [3.05, 3.63) is 57.9 Å². The lowest BCUT2D eigenvalue weighted by Gasteiger charge is -2.23. The molecule has 0 aliphatic heterocycles. The Kier molecular flexibility index (Phi) is 5.38. The fourth-order valence-corrected chi connectivity index (χ4v) is 4.92. The third-order valence-corrected chi connectivity index (χ3v) is 6.46. The van der Waals surface area contributed by atoms with E-state index in [1.807, 2.05) is 0 Å². The van der Waals surface area contributed by atoms with E-state index in [-0.39, 0.29) is 5.91 Å². The number of benzene rings is 1. The molecule has 1 saturated carbocycles. The van der Waals surface area contributed by atoms with Gasteiger partial charge in [0.05, 0.1) is 0 Å². The molecule has 1 aromatic heterocycles. The fraction of sp³-hybridized carbons (Fsp3) is 0.542. The first-order chi connectivity index (χ1) is 13.1. The zero-order valence-electron chi connectivity index (χ0n) is 16.8. The first kappa shape index (κ1) is 18.3. The van der Waals surface area contributed by atoms with E-state index < -0.39 is 0 Å². The van der Waals surface area contributed by atoms with Gasteiger partial charge in [-0.1, -0.05) is 49.1 Å². The Labute approximate surface area is 163 Å². The first-order valence-corrected chi connectivity index (χ1v) is 10.7. The van der Waals surface area contributed by atoms with Gasteiger partial charge < -0.3 is 9.88 Å². The molecule has 2 aliphatic rings. The number of nitrogens with one attached hydrogen (secondary N) is 1. The Bertz CT molecular complexity index is 810. The number of rotatable bonds is 4. The second kappa shape index (κ2) is 7.92. The fourth-order valence-electron chi connectivity index (χ4n) is 4.92. The lowest BCUT2D eigenvalue weighted by Crippen LogP contribution is -2.37. The normalized spacial score (nSPS) is 17.6. The summed E-state index contributed by atoms with van der Waals surface area (Å²) in [6.07, 6.45) is 10.7. The third-order valence-electron chi connectivity index (χ3n) is 6.46. The van der Waals surface area contributed by atoms with Crippen molar-refractivity contribution in [2.45, 2.75) is 84.2 Å². The third kappa shape index (κ3) is 3.83. The van der Waals surface area contributed by atoms with Crippen LogP contribution in [0.2, 0.25) is 0 Å². The quantitative estimate of drug-likeness (QED) is 0.805. The summed E-state index contributed by atoms with van der Waals surface area (Å²) in [6.45, 7) is 5.07. The van der Waals surface area contributed by atoms with Gasteiger partial charge in [0.2, 0.25) is 0 Å². The lowest BCUT2D eigenvalue weighted by atomic mass is 9.94. The van der Waals surface area contributed by atoms with E-state index >= 15 is 0 Å². The zero-order chi connectivity index (χ0) is 18.8. The van der Waals surface area contributed by atoms with Crippen molar-refractivity contribution < 1.29 is 4.79 Å². The highest BCUT2D eigenvalue weighted by Crippen LogP contribution is 2.31. The van der Waals surface area contributed by atoms with Gasteiger partial charge in [0, 0.05) is 18.3 Å². The van der Waals surface area contributed by atoms with Crippen molar-refractivity contribution in [2.24, 2.45) is 0 Å². The van der Waals surface area contributed by atoms with E-state index in [9.17, 15) is 4.79 Å². The molecule has 3 nitrogen and oxygen atoms in total. The maximum absolute atomic E-state index is 13.3. The van der Waals surface area contributed by atoms with Crippen molar-refractivity contribution in [1.82, 2.24) is 9.88 Å². The summed E-state index contributed by atoms with van der Waals surface area (Å²) in [5.41, 5.74) is 7.50. The predicted octanol–water partition coefficient (Wildman–Crippen LogP) is 5.09. The highest BCUT2D eigenvalue weighted by molar-refractivity contribution is 5.95. The van der Waals surface area contributed by atoms with Crippen LogP contribution in [-0.4, -0.2) is 16.5 Å². The molecule has 0 radical (unpaired) electrons. The van der Waals surface area contributed by atoms with Crippen LogP contribution in [-0.2, 0) is 19.4 Å². The number of aromatic nitrogens is 1. The van der Waals surface area contributed by atoms with E-state index in [0.717, 1.165) is 37.9 Å². The number of aryl methyl sites for hydroxylation is 1. The van der Waals surface area contributed by atoms with E-state index in [4.69, 9.17) is 0 Å². The van der Waals surface area contributed by atoms with Crippen LogP contribution in [0.25, 0.3) is 0 Å². The molecule has 0 saturated heterocycles. The minimum Gasteiger partial charge on any atom is -0.348 e. The van der Waals surface area contributed by atoms with Gasteiger partial charge in [0.15, 0.2) is 0 Å². The van der Waals surface area contributed by atoms with Gasteiger partial charge >= 0.3 is 0 Å². The summed E-state index contributed by atoms with van der Waals surface area (Å²) < 4.78 is 2.33. The molecule has 1 heterocycles. The van der Waals surface area contributed by atoms with E-state index in [2.05, 4.69) is 48.0 Å². The Balaban J connectivity index is 1.67. The molecule has 1 amide bonds. The van der Waals surface area contributed by atoms with E-state index in [1.54, 1.807) is 0 Å². The number of amides is 1. The Morgan fingerprint density at radius 1 is 1.00 bits per heavy atom. The molecule has 0 spiro atoms. The van der Waals surface area contributed by atoms with Crippen LogP contribution in [0.3, 0.4) is 0 Å². The Morgan fingerprint density at radius 3 is 2.44 bits per heavy atom. The van der Waals surface area contributed by atoms with Crippen LogP contribution in [0.4, 0.5) is 0 Å². The highest BCUT2D eigenvalue weighted by Gasteiger charge is 2.27. The van der Waals surface area contributed by atoms with Crippen LogP contribution >= 0.6 is 0 Å². The molecule has 0 unspecified atom stereocenters. The van der Waals surface area contributed by atoms with Crippen LogP contribution in [0, 0.1) is 13.8 Å². The van der Waals surface area contributed by atoms with Gasteiger partial charge in [-0.25, -0.2) is 0 Å². The standard InChI is InChI=1S/C24H32N2O/c1-17-12-14-19(15-13-17)16-26-22-11-7-6-10-21(22)18(2)23(26)24(27)25-20-8-4-3-5-9-20/h12-15,20H,3-11,16H2,1-2H3,(H,25,27). The molecule has 0 bridgehead atoms. The molecule has 1 fully saturated rings. The lowest BCUT2D eigenvalue weighted by molar-refractivity contribution is 0.0917. The van der Waals surface area contributed by atoms with Gasteiger partial charge in [-0.15, -0.1) is 0 Å². The van der Waals surface area contributed by atoms with Crippen molar-refractivity contribution in [2.75, 3.05) is 0 Å². The molecule has 1 aromatic carbocycles. The summed E-state index contributed by atoms with van der Waals surface area (Å²) in [7, 11) is 0. The largest absolute Gasteiger partial charge is 0.348 e. The summed E-state index contributed by atoms with van der Waals surface area (Å²) in [5, 5.41) is 3.36. The van der Waals surface area contributed by atoms with Crippen LogP contribution in [0.1, 0.15) is 83.4 Å². The molecule has 4 rings (SSSR count). The number of nitrogens with zero attached hydrogens (tertiary/aromatic N) is 1. The molecule has 0 atom stereocenters. The van der Waals surface area contributed by atoms with Crippen molar-refractivity contribution in [1.29, 1.82) is 0 Å². The number of hydrogen-bond acceptors (Lipinski definition) is 1. The molecule has 1 N–H and O–H groups in total. The molecular formula is C24H32N2O. The Hall–Kier alpha value is -2.03. The van der Waals surface area contributed by atoms with Crippen molar-refractivity contribution in [3.63, 3.8) is 0 Å². The second-order valence-corrected chi connectivity index (χ2v) is 8.49. The molecule has 2 aliphatic carbocycles. The summed E-state index contributed by atoms with van der Waals surface area (Å²) in [6, 6.07) is 9.08. The molecule has 2 aromatic rings. The summed E-state index contributed by atoms with van der Waals surface area (Å²) in [5.74, 6) is 0.140. The predicted molar refractivity (Wildman–Crippen MR) is 110 cm³/mol. The van der Waals surface area contributed by atoms with Crippen LogP contribution in [0.15, 0.2) is 24.3 Å². The van der Waals surface area contributed by atoms with Crippen molar-refractivity contribution >= 4 is 5.91 Å². The number of carbonyl (C=O) groups is 1. The maximum atomic E-state index is 13.3. The number of fused-ring (bicyclic) bond motifs is 1. The van der Waals surface area contributed by atoms with Gasteiger partial charge in [-0.2, -0.15) is 0 Å². The monoisotopic (exact) mass is 364 g/mol. The van der Waals surface area contributed by atoms with Gasteiger partial charge in [0.25, 0.3) is 5.91 Å². The summed E-state index contributed by atoms with van der Waals surface area (Å²) >= 11 is 0. The molecule has 144 valence electrons. The SMILES string of the molecule is Cc1ccc(Cn2c3c(c(C)c2C(=O)NC2CCCCC2)CCCC3)cc1. The van der Waals surface area contributed by atoms with Gasteiger partial charge in [-0.05, 0) is 69.1 Å². The van der Waals surface area contributed by atoms with Crippen LogP contribution < -0.4 is 5.32 Å². The minimum atomic E-state index is 0.140. The maximum Gasteiger partial charge on any atom is 0.268 e. The number of hydrogen-bond donors (Lipinski definition) is 1. The number of carbonyl (C=O) groups excluding carboxylic acids is 1. The molecule has 3 heteroatoms. The molecule has 27 heavy (non-hydrogen) atoms. The van der Waals surface area contributed by atoms with Crippen molar-refractivity contribution in [3.8, 4) is 0 Å². The smallest absolute Gasteiger partial charge is 0.268 e. The average molecular weight is 365 g/mol. The van der Waals surface area contributed by atoms with Crippen LogP contribution in [0.5, 0.6) is 0 Å².